The van der Waals surface area contributed by atoms with Crippen molar-refractivity contribution in [2.75, 3.05) is 26.7 Å². The number of fused-ring (bicyclic) bond motifs is 1. The second-order valence-corrected chi connectivity index (χ2v) is 8.66. The first kappa shape index (κ1) is 22.8. The van der Waals surface area contributed by atoms with E-state index in [-0.39, 0.29) is 36.2 Å². The molecule has 0 bridgehead atoms. The van der Waals surface area contributed by atoms with Gasteiger partial charge in [-0.25, -0.2) is 0 Å². The third-order valence-electron chi connectivity index (χ3n) is 6.81. The van der Waals surface area contributed by atoms with Crippen LogP contribution in [-0.4, -0.2) is 60.2 Å². The summed E-state index contributed by atoms with van der Waals surface area (Å²) in [6, 6.07) is 5.04. The number of rotatable bonds is 5. The van der Waals surface area contributed by atoms with Crippen molar-refractivity contribution in [2.24, 2.45) is 5.92 Å². The summed E-state index contributed by atoms with van der Waals surface area (Å²) in [5.74, 6) is 0.213. The highest BCUT2D eigenvalue weighted by molar-refractivity contribution is 6.22. The van der Waals surface area contributed by atoms with Gasteiger partial charge < -0.3 is 10.2 Å². The van der Waals surface area contributed by atoms with E-state index in [1.165, 1.54) is 11.3 Å². The maximum Gasteiger partial charge on any atom is 0.261 e. The molecule has 4 rings (SSSR count). The Bertz CT molecular complexity index is 799. The van der Waals surface area contributed by atoms with E-state index < -0.39 is 0 Å². The Morgan fingerprint density at radius 2 is 1.67 bits per heavy atom. The number of halogens is 1. The zero-order valence-electron chi connectivity index (χ0n) is 17.7. The summed E-state index contributed by atoms with van der Waals surface area (Å²) in [5, 5.41) is 3.19. The summed E-state index contributed by atoms with van der Waals surface area (Å²) in [6.45, 7) is 2.52. The average molecular weight is 434 g/mol. The minimum Gasteiger partial charge on any atom is -0.339 e. The number of hydrogen-bond acceptors (Lipinski definition) is 4. The number of imide groups is 1. The largest absolute Gasteiger partial charge is 0.339 e. The number of nitrogens with one attached hydrogen (secondary N) is 1. The van der Waals surface area contributed by atoms with E-state index in [1.54, 1.807) is 18.2 Å². The molecule has 2 aliphatic heterocycles. The number of likely N-dealkylation sites (tertiary alicyclic amines) is 1. The highest BCUT2D eigenvalue weighted by Crippen LogP contribution is 2.32. The van der Waals surface area contributed by atoms with E-state index in [0.29, 0.717) is 22.6 Å². The van der Waals surface area contributed by atoms with Crippen molar-refractivity contribution < 1.29 is 14.4 Å². The molecule has 3 aliphatic rings. The maximum atomic E-state index is 13.0. The van der Waals surface area contributed by atoms with Gasteiger partial charge in [0.05, 0.1) is 11.1 Å². The quantitative estimate of drug-likeness (QED) is 0.721. The number of benzene rings is 1. The van der Waals surface area contributed by atoms with E-state index in [0.717, 1.165) is 64.6 Å². The molecule has 30 heavy (non-hydrogen) atoms. The van der Waals surface area contributed by atoms with Gasteiger partial charge in [-0.1, -0.05) is 19.3 Å². The lowest BCUT2D eigenvalue weighted by atomic mass is 9.93. The fraction of sp³-hybridized carbons (Fsp3) is 0.609. The van der Waals surface area contributed by atoms with Crippen LogP contribution in [0.3, 0.4) is 0 Å². The Kier molecular flexibility index (Phi) is 7.53. The van der Waals surface area contributed by atoms with Gasteiger partial charge in [-0.2, -0.15) is 0 Å². The van der Waals surface area contributed by atoms with E-state index in [1.807, 2.05) is 11.9 Å². The van der Waals surface area contributed by atoms with Crippen LogP contribution in [0.2, 0.25) is 0 Å². The number of nitrogens with zero attached hydrogens (tertiary/aromatic N) is 2. The summed E-state index contributed by atoms with van der Waals surface area (Å²) in [4.78, 5) is 42.1. The molecule has 1 aromatic rings. The molecule has 6 nitrogen and oxygen atoms in total. The van der Waals surface area contributed by atoms with Crippen LogP contribution in [0.25, 0.3) is 0 Å². The number of carbonyl (C=O) groups excluding carboxylic acids is 3. The van der Waals surface area contributed by atoms with E-state index in [4.69, 9.17) is 0 Å². The van der Waals surface area contributed by atoms with Gasteiger partial charge in [0.25, 0.3) is 17.7 Å². The molecule has 0 aromatic heterocycles. The van der Waals surface area contributed by atoms with Crippen molar-refractivity contribution >= 4 is 30.1 Å². The molecular weight excluding hydrogens is 402 g/mol. The third-order valence-corrected chi connectivity index (χ3v) is 6.81. The monoisotopic (exact) mass is 433 g/mol. The molecule has 7 heteroatoms. The van der Waals surface area contributed by atoms with E-state index in [9.17, 15) is 14.4 Å². The molecule has 2 heterocycles. The van der Waals surface area contributed by atoms with Crippen molar-refractivity contribution in [1.82, 2.24) is 15.1 Å². The van der Waals surface area contributed by atoms with Crippen LogP contribution < -0.4 is 5.32 Å². The fourth-order valence-corrected chi connectivity index (χ4v) is 5.02. The van der Waals surface area contributed by atoms with Crippen molar-refractivity contribution in [3.63, 3.8) is 0 Å². The molecule has 0 spiro atoms. The van der Waals surface area contributed by atoms with Crippen molar-refractivity contribution in [1.29, 1.82) is 0 Å². The van der Waals surface area contributed by atoms with Crippen LogP contribution in [0.15, 0.2) is 18.2 Å². The molecule has 2 fully saturated rings. The third kappa shape index (κ3) is 4.40. The number of piperidine rings is 1. The lowest BCUT2D eigenvalue weighted by Gasteiger charge is -2.32. The minimum atomic E-state index is -0.225. The summed E-state index contributed by atoms with van der Waals surface area (Å²) < 4.78 is 0. The van der Waals surface area contributed by atoms with Crippen LogP contribution in [0, 0.1) is 5.92 Å². The Hall–Kier alpha value is -1.92. The summed E-state index contributed by atoms with van der Waals surface area (Å²) in [6.07, 6.45) is 8.25. The van der Waals surface area contributed by atoms with Gasteiger partial charge in [-0.05, 0) is 69.8 Å². The predicted octanol–water partition coefficient (Wildman–Crippen LogP) is 3.50. The molecule has 1 saturated carbocycles. The van der Waals surface area contributed by atoms with Gasteiger partial charge in [0.15, 0.2) is 0 Å². The Labute approximate surface area is 184 Å². The van der Waals surface area contributed by atoms with Crippen LogP contribution in [0.1, 0.15) is 82.4 Å². The van der Waals surface area contributed by atoms with E-state index in [2.05, 4.69) is 5.32 Å². The number of hydrogen-bond donors (Lipinski definition) is 1. The van der Waals surface area contributed by atoms with E-state index >= 15 is 0 Å². The predicted molar refractivity (Wildman–Crippen MR) is 118 cm³/mol. The SMILES string of the molecule is CNCCC1CCN(C(=O)c2ccc3c(c2)C(=O)N(C2CCCCC2)C3=O)CC1.Cl. The average Bonchev–Trinajstić information content (AvgIpc) is 3.02. The highest BCUT2D eigenvalue weighted by atomic mass is 35.5. The smallest absolute Gasteiger partial charge is 0.261 e. The molecule has 1 N–H and O–H groups in total. The molecule has 1 aliphatic carbocycles. The Morgan fingerprint density at radius 3 is 2.33 bits per heavy atom. The van der Waals surface area contributed by atoms with Crippen LogP contribution in [-0.2, 0) is 0 Å². The van der Waals surface area contributed by atoms with Crippen molar-refractivity contribution in [3.05, 3.63) is 34.9 Å². The lowest BCUT2D eigenvalue weighted by molar-refractivity contribution is 0.0548. The zero-order valence-corrected chi connectivity index (χ0v) is 18.5. The second-order valence-electron chi connectivity index (χ2n) is 8.66. The van der Waals surface area contributed by atoms with Gasteiger partial charge in [-0.15, -0.1) is 12.4 Å². The minimum absolute atomic E-state index is 0. The molecule has 3 amide bonds. The van der Waals surface area contributed by atoms with Gasteiger partial charge in [0.1, 0.15) is 0 Å². The van der Waals surface area contributed by atoms with Crippen LogP contribution in [0.4, 0.5) is 0 Å². The fourth-order valence-electron chi connectivity index (χ4n) is 5.02. The maximum absolute atomic E-state index is 13.0. The first-order valence-electron chi connectivity index (χ1n) is 11.1. The van der Waals surface area contributed by atoms with Gasteiger partial charge in [0, 0.05) is 24.7 Å². The van der Waals surface area contributed by atoms with Gasteiger partial charge in [0.2, 0.25) is 0 Å². The Morgan fingerprint density at radius 1 is 1.00 bits per heavy atom. The standard InChI is InChI=1S/C23H31N3O3.ClH/c1-24-12-9-16-10-13-25(14-11-16)21(27)17-7-8-19-20(15-17)23(29)26(22(19)28)18-5-3-2-4-6-18;/h7-8,15-16,18,24H,2-6,9-14H2,1H3;1H. The second kappa shape index (κ2) is 9.92. The molecule has 1 saturated heterocycles. The normalized spacial score (nSPS) is 20.3. The molecule has 164 valence electrons. The van der Waals surface area contributed by atoms with Crippen molar-refractivity contribution in [2.45, 2.75) is 57.4 Å². The molecule has 0 radical (unpaired) electrons. The first-order valence-corrected chi connectivity index (χ1v) is 11.1. The van der Waals surface area contributed by atoms with Crippen LogP contribution >= 0.6 is 12.4 Å². The number of amides is 3. The first-order chi connectivity index (χ1) is 14.1. The Balaban J connectivity index is 0.00000256. The van der Waals surface area contributed by atoms with Gasteiger partial charge >= 0.3 is 0 Å². The van der Waals surface area contributed by atoms with Gasteiger partial charge in [-0.3, -0.25) is 19.3 Å². The molecule has 0 atom stereocenters. The van der Waals surface area contributed by atoms with Crippen LogP contribution in [0.5, 0.6) is 0 Å². The zero-order chi connectivity index (χ0) is 20.4. The molecule has 1 aromatic carbocycles. The highest BCUT2D eigenvalue weighted by Gasteiger charge is 2.40. The topological polar surface area (TPSA) is 69.7 Å². The summed E-state index contributed by atoms with van der Waals surface area (Å²) in [5.41, 5.74) is 1.36. The number of carbonyl (C=O) groups is 3. The molecule has 0 unspecified atom stereocenters. The molecular formula is C23H32ClN3O3. The lowest BCUT2D eigenvalue weighted by Crippen LogP contribution is -2.40. The summed E-state index contributed by atoms with van der Waals surface area (Å²) >= 11 is 0. The van der Waals surface area contributed by atoms with Crippen molar-refractivity contribution in [3.8, 4) is 0 Å². The summed E-state index contributed by atoms with van der Waals surface area (Å²) in [7, 11) is 1.97.